The molecule has 0 amide bonds. The highest BCUT2D eigenvalue weighted by Gasteiger charge is 2.15. The van der Waals surface area contributed by atoms with Crippen molar-refractivity contribution < 1.29 is 8.78 Å². The fourth-order valence-electron chi connectivity index (χ4n) is 2.14. The van der Waals surface area contributed by atoms with Gasteiger partial charge >= 0.3 is 0 Å². The van der Waals surface area contributed by atoms with Crippen LogP contribution in [-0.4, -0.2) is 0 Å². The van der Waals surface area contributed by atoms with Gasteiger partial charge < -0.3 is 5.32 Å². The lowest BCUT2D eigenvalue weighted by molar-refractivity contribution is 0.583. The lowest BCUT2D eigenvalue weighted by atomic mass is 10.0. The molecule has 1 atom stereocenters. The van der Waals surface area contributed by atoms with E-state index in [0.29, 0.717) is 0 Å². The molecule has 0 aliphatic carbocycles. The number of hydrogen-bond acceptors (Lipinski definition) is 2. The minimum atomic E-state index is -0.762. The first-order valence-electron chi connectivity index (χ1n) is 6.24. The predicted molar refractivity (Wildman–Crippen MR) is 74.3 cm³/mol. The Morgan fingerprint density at radius 3 is 2.30 bits per heavy atom. The molecule has 102 valence electrons. The monoisotopic (exact) mass is 272 g/mol. The zero-order valence-corrected chi connectivity index (χ0v) is 11.2. The summed E-state index contributed by atoms with van der Waals surface area (Å²) in [7, 11) is 0. The molecule has 2 aromatic carbocycles. The van der Waals surface area contributed by atoms with Gasteiger partial charge in [-0.2, -0.15) is 5.26 Å². The van der Waals surface area contributed by atoms with Crippen LogP contribution in [0.4, 0.5) is 14.5 Å². The third-order valence-corrected chi connectivity index (χ3v) is 3.19. The lowest BCUT2D eigenvalue weighted by Gasteiger charge is -2.18. The molecule has 0 fully saturated rings. The average molecular weight is 272 g/mol. The highest BCUT2D eigenvalue weighted by atomic mass is 19.1. The van der Waals surface area contributed by atoms with Crippen LogP contribution in [0.1, 0.15) is 29.7 Å². The van der Waals surface area contributed by atoms with Gasteiger partial charge in [0, 0.05) is 6.04 Å². The standard InChI is InChI=1S/C16H14F2N2/c1-10-5-3-4-6-13(10)11(2)20-16-14(17)7-12(9-19)8-15(16)18/h3-8,11,20H,1-2H3. The van der Waals surface area contributed by atoms with E-state index in [1.54, 1.807) is 6.07 Å². The van der Waals surface area contributed by atoms with Crippen molar-refractivity contribution >= 4 is 5.69 Å². The van der Waals surface area contributed by atoms with Crippen LogP contribution in [0, 0.1) is 29.9 Å². The summed E-state index contributed by atoms with van der Waals surface area (Å²) in [6.07, 6.45) is 0. The third kappa shape index (κ3) is 2.77. The van der Waals surface area contributed by atoms with Crippen LogP contribution in [0.15, 0.2) is 36.4 Å². The van der Waals surface area contributed by atoms with E-state index in [2.05, 4.69) is 5.32 Å². The molecule has 0 spiro atoms. The molecule has 2 rings (SSSR count). The molecular weight excluding hydrogens is 258 g/mol. The van der Waals surface area contributed by atoms with Crippen molar-refractivity contribution in [2.75, 3.05) is 5.32 Å². The molecule has 0 aromatic heterocycles. The Hall–Kier alpha value is -2.41. The Labute approximate surface area is 116 Å². The van der Waals surface area contributed by atoms with Gasteiger partial charge in [0.05, 0.1) is 11.6 Å². The summed E-state index contributed by atoms with van der Waals surface area (Å²) in [5.74, 6) is -1.52. The molecular formula is C16H14F2N2. The van der Waals surface area contributed by atoms with E-state index in [4.69, 9.17) is 5.26 Å². The maximum absolute atomic E-state index is 13.8. The highest BCUT2D eigenvalue weighted by Crippen LogP contribution is 2.26. The second-order valence-electron chi connectivity index (χ2n) is 4.65. The normalized spacial score (nSPS) is 11.8. The van der Waals surface area contributed by atoms with Crippen LogP contribution < -0.4 is 5.32 Å². The van der Waals surface area contributed by atoms with Gasteiger partial charge in [0.1, 0.15) is 5.69 Å². The van der Waals surface area contributed by atoms with Crippen molar-refractivity contribution in [2.45, 2.75) is 19.9 Å². The average Bonchev–Trinajstić information content (AvgIpc) is 2.42. The number of halogens is 2. The maximum atomic E-state index is 13.8. The molecule has 0 aliphatic heterocycles. The van der Waals surface area contributed by atoms with Crippen LogP contribution >= 0.6 is 0 Å². The van der Waals surface area contributed by atoms with Crippen LogP contribution in [0.25, 0.3) is 0 Å². The minimum Gasteiger partial charge on any atom is -0.374 e. The summed E-state index contributed by atoms with van der Waals surface area (Å²) in [6, 6.07) is 11.2. The summed E-state index contributed by atoms with van der Waals surface area (Å²) in [5, 5.41) is 11.5. The van der Waals surface area contributed by atoms with Gasteiger partial charge in [0.15, 0.2) is 11.6 Å². The van der Waals surface area contributed by atoms with Gasteiger partial charge in [-0.3, -0.25) is 0 Å². The molecule has 0 aliphatic rings. The van der Waals surface area contributed by atoms with E-state index in [1.807, 2.05) is 38.1 Å². The van der Waals surface area contributed by atoms with Crippen molar-refractivity contribution in [2.24, 2.45) is 0 Å². The molecule has 20 heavy (non-hydrogen) atoms. The predicted octanol–water partition coefficient (Wildman–Crippen LogP) is 4.32. The van der Waals surface area contributed by atoms with Crippen LogP contribution in [-0.2, 0) is 0 Å². The minimum absolute atomic E-state index is 0.0332. The molecule has 2 aromatic rings. The van der Waals surface area contributed by atoms with Crippen LogP contribution in [0.5, 0.6) is 0 Å². The van der Waals surface area contributed by atoms with Gasteiger partial charge in [0.25, 0.3) is 0 Å². The third-order valence-electron chi connectivity index (χ3n) is 3.19. The Bertz CT molecular complexity index is 651. The molecule has 0 saturated carbocycles. The van der Waals surface area contributed by atoms with Crippen LogP contribution in [0.3, 0.4) is 0 Å². The van der Waals surface area contributed by atoms with Crippen molar-refractivity contribution in [1.82, 2.24) is 0 Å². The number of nitriles is 1. The molecule has 4 heteroatoms. The Kier molecular flexibility index (Phi) is 3.99. The van der Waals surface area contributed by atoms with E-state index in [0.717, 1.165) is 23.3 Å². The topological polar surface area (TPSA) is 35.8 Å². The van der Waals surface area contributed by atoms with Gasteiger partial charge in [-0.15, -0.1) is 0 Å². The zero-order valence-electron chi connectivity index (χ0n) is 11.2. The second kappa shape index (κ2) is 5.70. The van der Waals surface area contributed by atoms with Crippen molar-refractivity contribution in [1.29, 1.82) is 5.26 Å². The number of benzene rings is 2. The van der Waals surface area contributed by atoms with Gasteiger partial charge in [-0.25, -0.2) is 8.78 Å². The number of nitrogens with one attached hydrogen (secondary N) is 1. The van der Waals surface area contributed by atoms with Crippen molar-refractivity contribution in [3.8, 4) is 6.07 Å². The van der Waals surface area contributed by atoms with E-state index >= 15 is 0 Å². The second-order valence-corrected chi connectivity index (χ2v) is 4.65. The number of anilines is 1. The van der Waals surface area contributed by atoms with Gasteiger partial charge in [0.2, 0.25) is 0 Å². The fraction of sp³-hybridized carbons (Fsp3) is 0.188. The molecule has 2 nitrogen and oxygen atoms in total. The Morgan fingerprint density at radius 2 is 1.75 bits per heavy atom. The fourth-order valence-corrected chi connectivity index (χ4v) is 2.14. The first-order valence-corrected chi connectivity index (χ1v) is 6.24. The Morgan fingerprint density at radius 1 is 1.15 bits per heavy atom. The largest absolute Gasteiger partial charge is 0.374 e. The summed E-state index contributed by atoms with van der Waals surface area (Å²) in [5.41, 5.74) is 1.77. The van der Waals surface area contributed by atoms with E-state index < -0.39 is 11.6 Å². The highest BCUT2D eigenvalue weighted by molar-refractivity contribution is 5.52. The SMILES string of the molecule is Cc1ccccc1C(C)Nc1c(F)cc(C#N)cc1F. The van der Waals surface area contributed by atoms with Crippen LogP contribution in [0.2, 0.25) is 0 Å². The van der Waals surface area contributed by atoms with E-state index in [1.165, 1.54) is 0 Å². The van der Waals surface area contributed by atoms with Gasteiger partial charge in [-0.05, 0) is 37.1 Å². The van der Waals surface area contributed by atoms with Gasteiger partial charge in [-0.1, -0.05) is 24.3 Å². The first-order chi connectivity index (χ1) is 9.52. The molecule has 1 N–H and O–H groups in total. The van der Waals surface area contributed by atoms with Crippen molar-refractivity contribution in [3.05, 3.63) is 64.7 Å². The summed E-state index contributed by atoms with van der Waals surface area (Å²) in [4.78, 5) is 0. The van der Waals surface area contributed by atoms with Crippen molar-refractivity contribution in [3.63, 3.8) is 0 Å². The summed E-state index contributed by atoms with van der Waals surface area (Å²) >= 11 is 0. The molecule has 0 heterocycles. The molecule has 1 unspecified atom stereocenters. The zero-order chi connectivity index (χ0) is 14.7. The summed E-state index contributed by atoms with van der Waals surface area (Å²) < 4.78 is 27.6. The van der Waals surface area contributed by atoms with E-state index in [9.17, 15) is 8.78 Å². The molecule has 0 saturated heterocycles. The number of nitrogens with zero attached hydrogens (tertiary/aromatic N) is 1. The molecule has 0 bridgehead atoms. The number of aryl methyl sites for hydroxylation is 1. The maximum Gasteiger partial charge on any atom is 0.150 e. The lowest BCUT2D eigenvalue weighted by Crippen LogP contribution is -2.11. The number of rotatable bonds is 3. The Balaban J connectivity index is 2.31. The van der Waals surface area contributed by atoms with E-state index in [-0.39, 0.29) is 17.3 Å². The quantitative estimate of drug-likeness (QED) is 0.903. The molecule has 0 radical (unpaired) electrons. The summed E-state index contributed by atoms with van der Waals surface area (Å²) in [6.45, 7) is 3.78. The first kappa shape index (κ1) is 14.0. The number of hydrogen-bond donors (Lipinski definition) is 1. The smallest absolute Gasteiger partial charge is 0.150 e.